The predicted octanol–water partition coefficient (Wildman–Crippen LogP) is 2.42. The Kier molecular flexibility index (Phi) is 5.72. The first-order chi connectivity index (χ1) is 7.77. The van der Waals surface area contributed by atoms with Crippen LogP contribution in [-0.4, -0.2) is 27.2 Å². The topological polar surface area (TPSA) is 33.3 Å². The normalized spacial score (nSPS) is 10.2. The summed E-state index contributed by atoms with van der Waals surface area (Å²) in [5, 5.41) is 6.56. The van der Waals surface area contributed by atoms with Gasteiger partial charge in [-0.2, -0.15) is 0 Å². The van der Waals surface area contributed by atoms with Gasteiger partial charge in [-0.1, -0.05) is 6.07 Å². The predicted molar refractivity (Wildman–Crippen MR) is 69.4 cm³/mol. The van der Waals surface area contributed by atoms with Crippen molar-refractivity contribution in [2.24, 2.45) is 0 Å². The Hall–Kier alpha value is -1.22. The highest BCUT2D eigenvalue weighted by Crippen LogP contribution is 2.24. The fraction of sp³-hybridized carbons (Fsp3) is 0.538. The van der Waals surface area contributed by atoms with Crippen LogP contribution in [0.25, 0.3) is 0 Å². The van der Waals surface area contributed by atoms with Gasteiger partial charge in [0, 0.05) is 6.54 Å². The molecule has 0 radical (unpaired) electrons. The zero-order valence-corrected chi connectivity index (χ0v) is 10.5. The van der Waals surface area contributed by atoms with E-state index in [1.807, 2.05) is 13.1 Å². The summed E-state index contributed by atoms with van der Waals surface area (Å²) in [5.74, 6) is 0.916. The third-order valence-electron chi connectivity index (χ3n) is 2.52. The Morgan fingerprint density at radius 3 is 2.62 bits per heavy atom. The van der Waals surface area contributed by atoms with Crippen molar-refractivity contribution in [3.8, 4) is 5.75 Å². The van der Waals surface area contributed by atoms with Gasteiger partial charge >= 0.3 is 0 Å². The molecule has 3 heteroatoms. The van der Waals surface area contributed by atoms with Gasteiger partial charge < -0.3 is 15.4 Å². The molecule has 0 bridgehead atoms. The first-order valence-electron chi connectivity index (χ1n) is 5.81. The monoisotopic (exact) mass is 222 g/mol. The third-order valence-corrected chi connectivity index (χ3v) is 2.52. The molecule has 0 unspecified atom stereocenters. The highest BCUT2D eigenvalue weighted by atomic mass is 16.5. The molecule has 0 amide bonds. The maximum Gasteiger partial charge on any atom is 0.141 e. The number of anilines is 1. The van der Waals surface area contributed by atoms with Crippen molar-refractivity contribution in [3.05, 3.63) is 23.8 Å². The van der Waals surface area contributed by atoms with E-state index in [1.165, 1.54) is 12.0 Å². The van der Waals surface area contributed by atoms with Gasteiger partial charge in [-0.25, -0.2) is 0 Å². The third kappa shape index (κ3) is 4.11. The zero-order valence-electron chi connectivity index (χ0n) is 10.5. The second kappa shape index (κ2) is 7.12. The number of ether oxygens (including phenoxy) is 1. The fourth-order valence-corrected chi connectivity index (χ4v) is 1.61. The molecule has 0 aliphatic heterocycles. The summed E-state index contributed by atoms with van der Waals surface area (Å²) < 4.78 is 5.30. The molecule has 1 aromatic rings. The highest BCUT2D eigenvalue weighted by molar-refractivity contribution is 5.57. The molecule has 0 fully saturated rings. The Morgan fingerprint density at radius 1 is 1.19 bits per heavy atom. The molecule has 1 rings (SSSR count). The van der Waals surface area contributed by atoms with Crippen molar-refractivity contribution in [1.29, 1.82) is 0 Å². The Bertz CT molecular complexity index is 313. The lowest BCUT2D eigenvalue weighted by Crippen LogP contribution is -2.10. The van der Waals surface area contributed by atoms with Crippen LogP contribution in [0.2, 0.25) is 0 Å². The maximum absolute atomic E-state index is 5.30. The van der Waals surface area contributed by atoms with Crippen molar-refractivity contribution in [2.75, 3.05) is 32.6 Å². The van der Waals surface area contributed by atoms with Crippen LogP contribution in [0.4, 0.5) is 5.69 Å². The van der Waals surface area contributed by atoms with Crippen molar-refractivity contribution < 1.29 is 4.74 Å². The minimum atomic E-state index is 0.916. The zero-order chi connectivity index (χ0) is 11.8. The van der Waals surface area contributed by atoms with Crippen LogP contribution in [0, 0.1) is 6.92 Å². The molecule has 0 saturated carbocycles. The summed E-state index contributed by atoms with van der Waals surface area (Å²) in [5.41, 5.74) is 2.34. The number of nitrogens with one attached hydrogen (secondary N) is 2. The van der Waals surface area contributed by atoms with Crippen molar-refractivity contribution in [2.45, 2.75) is 19.8 Å². The fourth-order valence-electron chi connectivity index (χ4n) is 1.61. The largest absolute Gasteiger partial charge is 0.495 e. The molecule has 0 spiro atoms. The smallest absolute Gasteiger partial charge is 0.141 e. The second-order valence-electron chi connectivity index (χ2n) is 3.94. The average Bonchev–Trinajstić information content (AvgIpc) is 2.29. The van der Waals surface area contributed by atoms with Crippen LogP contribution in [0.5, 0.6) is 5.75 Å². The number of aryl methyl sites for hydroxylation is 1. The molecule has 2 N–H and O–H groups in total. The van der Waals surface area contributed by atoms with Gasteiger partial charge in [-0.3, -0.25) is 0 Å². The SMILES string of the molecule is CNCCCCNc1cc(C)ccc1OC. The molecule has 90 valence electrons. The van der Waals surface area contributed by atoms with Crippen LogP contribution in [0.1, 0.15) is 18.4 Å². The van der Waals surface area contributed by atoms with Crippen LogP contribution in [0.15, 0.2) is 18.2 Å². The Balaban J connectivity index is 2.42. The van der Waals surface area contributed by atoms with E-state index in [0.29, 0.717) is 0 Å². The van der Waals surface area contributed by atoms with E-state index in [1.54, 1.807) is 7.11 Å². The summed E-state index contributed by atoms with van der Waals surface area (Å²) in [6, 6.07) is 6.19. The molecule has 0 aliphatic rings. The maximum atomic E-state index is 5.30. The minimum absolute atomic E-state index is 0.916. The van der Waals surface area contributed by atoms with E-state index in [4.69, 9.17) is 4.74 Å². The van der Waals surface area contributed by atoms with Gasteiger partial charge in [0.05, 0.1) is 12.8 Å². The second-order valence-corrected chi connectivity index (χ2v) is 3.94. The van der Waals surface area contributed by atoms with Gasteiger partial charge in [-0.15, -0.1) is 0 Å². The summed E-state index contributed by atoms with van der Waals surface area (Å²) in [4.78, 5) is 0. The van der Waals surface area contributed by atoms with Gasteiger partial charge in [0.1, 0.15) is 5.75 Å². The quantitative estimate of drug-likeness (QED) is 0.695. The Labute approximate surface area is 98.2 Å². The van der Waals surface area contributed by atoms with Crippen LogP contribution in [0.3, 0.4) is 0 Å². The van der Waals surface area contributed by atoms with E-state index in [0.717, 1.165) is 30.9 Å². The van der Waals surface area contributed by atoms with Crippen molar-refractivity contribution >= 4 is 5.69 Å². The Morgan fingerprint density at radius 2 is 1.94 bits per heavy atom. The number of hydrogen-bond acceptors (Lipinski definition) is 3. The standard InChI is InChI=1S/C13H22N2O/c1-11-6-7-13(16-3)12(10-11)15-9-5-4-8-14-2/h6-7,10,14-15H,4-5,8-9H2,1-3H3. The summed E-state index contributed by atoms with van der Waals surface area (Å²) >= 11 is 0. The highest BCUT2D eigenvalue weighted by Gasteiger charge is 2.01. The van der Waals surface area contributed by atoms with Gasteiger partial charge in [0.25, 0.3) is 0 Å². The van der Waals surface area contributed by atoms with Gasteiger partial charge in [0.15, 0.2) is 0 Å². The van der Waals surface area contributed by atoms with Crippen molar-refractivity contribution in [3.63, 3.8) is 0 Å². The molecule has 0 heterocycles. The molecular weight excluding hydrogens is 200 g/mol. The molecule has 16 heavy (non-hydrogen) atoms. The van der Waals surface area contributed by atoms with E-state index >= 15 is 0 Å². The minimum Gasteiger partial charge on any atom is -0.495 e. The van der Waals surface area contributed by atoms with Crippen LogP contribution >= 0.6 is 0 Å². The lowest BCUT2D eigenvalue weighted by molar-refractivity contribution is 0.416. The molecule has 3 nitrogen and oxygen atoms in total. The van der Waals surface area contributed by atoms with Crippen LogP contribution < -0.4 is 15.4 Å². The van der Waals surface area contributed by atoms with Gasteiger partial charge in [0.2, 0.25) is 0 Å². The number of unbranched alkanes of at least 4 members (excludes halogenated alkanes) is 1. The number of methoxy groups -OCH3 is 1. The molecule has 0 atom stereocenters. The van der Waals surface area contributed by atoms with Gasteiger partial charge in [-0.05, 0) is 51.1 Å². The number of benzene rings is 1. The molecular formula is C13H22N2O. The van der Waals surface area contributed by atoms with Crippen molar-refractivity contribution in [1.82, 2.24) is 5.32 Å². The molecule has 1 aromatic carbocycles. The first kappa shape index (κ1) is 12.8. The molecule has 0 saturated heterocycles. The lowest BCUT2D eigenvalue weighted by Gasteiger charge is -2.11. The number of hydrogen-bond donors (Lipinski definition) is 2. The molecule has 0 aromatic heterocycles. The molecule has 0 aliphatic carbocycles. The summed E-state index contributed by atoms with van der Waals surface area (Å²) in [7, 11) is 3.69. The van der Waals surface area contributed by atoms with E-state index < -0.39 is 0 Å². The lowest BCUT2D eigenvalue weighted by atomic mass is 10.2. The van der Waals surface area contributed by atoms with E-state index in [-0.39, 0.29) is 0 Å². The number of rotatable bonds is 7. The van der Waals surface area contributed by atoms with E-state index in [2.05, 4.69) is 29.7 Å². The van der Waals surface area contributed by atoms with E-state index in [9.17, 15) is 0 Å². The first-order valence-corrected chi connectivity index (χ1v) is 5.81. The summed E-state index contributed by atoms with van der Waals surface area (Å²) in [6.45, 7) is 4.15. The average molecular weight is 222 g/mol. The summed E-state index contributed by atoms with van der Waals surface area (Å²) in [6.07, 6.45) is 2.36. The van der Waals surface area contributed by atoms with Crippen LogP contribution in [-0.2, 0) is 0 Å².